The highest BCUT2D eigenvalue weighted by Crippen LogP contribution is 2.31. The zero-order valence-electron chi connectivity index (χ0n) is 13.7. The second-order valence-electron chi connectivity index (χ2n) is 5.42. The first-order valence-corrected chi connectivity index (χ1v) is 7.93. The third-order valence-corrected chi connectivity index (χ3v) is 3.92. The largest absolute Gasteiger partial charge is 0.488 e. The molecule has 0 saturated carbocycles. The molecule has 0 amide bonds. The molecule has 0 fully saturated rings. The van der Waals surface area contributed by atoms with Gasteiger partial charge in [-0.25, -0.2) is 4.79 Å². The highest BCUT2D eigenvalue weighted by atomic mass is 35.5. The number of H-pyrrole nitrogens is 1. The first kappa shape index (κ1) is 18.9. The number of halogens is 1. The SMILES string of the molecule is O=C(O)c1ccc(Cl)c(-c2ccc(/C=C/c3nc(O)c([N+](=O)[O-])c(=O)[nH]3)o2)c1. The Bertz CT molecular complexity index is 1180. The topological polar surface area (TPSA) is 160 Å². The Kier molecular flexibility index (Phi) is 4.96. The number of nitrogens with zero attached hydrogens (tertiary/aromatic N) is 2. The number of aromatic nitrogens is 2. The summed E-state index contributed by atoms with van der Waals surface area (Å²) in [6.45, 7) is 0. The Hall–Kier alpha value is -3.92. The number of rotatable bonds is 5. The number of aromatic carboxylic acids is 1. The molecule has 3 aromatic rings. The summed E-state index contributed by atoms with van der Waals surface area (Å²) >= 11 is 6.09. The van der Waals surface area contributed by atoms with Crippen LogP contribution in [0.1, 0.15) is 21.9 Å². The van der Waals surface area contributed by atoms with Gasteiger partial charge in [0, 0.05) is 5.56 Å². The molecule has 11 heteroatoms. The van der Waals surface area contributed by atoms with Gasteiger partial charge in [-0.15, -0.1) is 0 Å². The lowest BCUT2D eigenvalue weighted by Gasteiger charge is -2.02. The van der Waals surface area contributed by atoms with E-state index in [9.17, 15) is 24.8 Å². The molecule has 3 rings (SSSR count). The minimum Gasteiger partial charge on any atom is -0.488 e. The number of aromatic amines is 1. The van der Waals surface area contributed by atoms with E-state index >= 15 is 0 Å². The molecule has 2 heterocycles. The molecule has 0 bridgehead atoms. The third kappa shape index (κ3) is 3.76. The fraction of sp³-hybridized carbons (Fsp3) is 0. The molecule has 0 aliphatic rings. The van der Waals surface area contributed by atoms with Gasteiger partial charge in [-0.2, -0.15) is 4.98 Å². The van der Waals surface area contributed by atoms with Gasteiger partial charge in [-0.05, 0) is 42.5 Å². The Morgan fingerprint density at radius 3 is 2.68 bits per heavy atom. The van der Waals surface area contributed by atoms with E-state index in [0.717, 1.165) is 0 Å². The summed E-state index contributed by atoms with van der Waals surface area (Å²) < 4.78 is 5.57. The molecule has 0 spiro atoms. The summed E-state index contributed by atoms with van der Waals surface area (Å²) in [5.74, 6) is -1.65. The van der Waals surface area contributed by atoms with Gasteiger partial charge in [0.1, 0.15) is 17.3 Å². The van der Waals surface area contributed by atoms with E-state index in [1.54, 1.807) is 12.1 Å². The summed E-state index contributed by atoms with van der Waals surface area (Å²) in [7, 11) is 0. The number of benzene rings is 1. The zero-order chi connectivity index (χ0) is 20.4. The van der Waals surface area contributed by atoms with Crippen molar-refractivity contribution in [2.24, 2.45) is 0 Å². The van der Waals surface area contributed by atoms with Crippen molar-refractivity contribution in [2.45, 2.75) is 0 Å². The average molecular weight is 404 g/mol. The lowest BCUT2D eigenvalue weighted by molar-refractivity contribution is -0.387. The number of hydrogen-bond acceptors (Lipinski definition) is 7. The van der Waals surface area contributed by atoms with Gasteiger partial charge < -0.3 is 19.6 Å². The van der Waals surface area contributed by atoms with Crippen LogP contribution in [0.15, 0.2) is 39.5 Å². The first-order chi connectivity index (χ1) is 13.3. The quantitative estimate of drug-likeness (QED) is 0.432. The van der Waals surface area contributed by atoms with Crippen molar-refractivity contribution in [1.29, 1.82) is 0 Å². The number of carbonyl (C=O) groups is 1. The van der Waals surface area contributed by atoms with Gasteiger partial charge in [0.2, 0.25) is 0 Å². The van der Waals surface area contributed by atoms with Crippen LogP contribution in [0.3, 0.4) is 0 Å². The number of aromatic hydroxyl groups is 1. The molecule has 0 atom stereocenters. The first-order valence-electron chi connectivity index (χ1n) is 7.55. The van der Waals surface area contributed by atoms with Crippen LogP contribution in [0.5, 0.6) is 5.88 Å². The molecule has 28 heavy (non-hydrogen) atoms. The normalized spacial score (nSPS) is 11.0. The highest BCUT2D eigenvalue weighted by Gasteiger charge is 2.21. The van der Waals surface area contributed by atoms with Crippen LogP contribution in [-0.2, 0) is 0 Å². The van der Waals surface area contributed by atoms with Crippen LogP contribution in [-0.4, -0.2) is 31.1 Å². The predicted octanol–water partition coefficient (Wildman–Crippen LogP) is 3.17. The van der Waals surface area contributed by atoms with E-state index < -0.39 is 28.0 Å². The second-order valence-corrected chi connectivity index (χ2v) is 5.82. The van der Waals surface area contributed by atoms with Crippen molar-refractivity contribution in [2.75, 3.05) is 0 Å². The number of furan rings is 1. The van der Waals surface area contributed by atoms with Gasteiger partial charge in [0.25, 0.3) is 5.88 Å². The number of carboxylic acids is 1. The minimum absolute atomic E-state index is 0.0380. The van der Waals surface area contributed by atoms with Crippen LogP contribution in [0.4, 0.5) is 5.69 Å². The maximum absolute atomic E-state index is 11.6. The molecule has 0 unspecified atom stereocenters. The van der Waals surface area contributed by atoms with Crippen LogP contribution >= 0.6 is 11.6 Å². The van der Waals surface area contributed by atoms with Gasteiger partial charge in [-0.3, -0.25) is 14.9 Å². The maximum Gasteiger partial charge on any atom is 0.395 e. The Labute approximate surface area is 160 Å². The van der Waals surface area contributed by atoms with E-state index in [2.05, 4.69) is 9.97 Å². The van der Waals surface area contributed by atoms with Crippen molar-refractivity contribution in [3.05, 3.63) is 73.0 Å². The standard InChI is InChI=1S/C17H10ClN3O7/c18-11-4-1-8(17(24)25)7-10(11)12-5-2-9(28-12)3-6-13-19-15(22)14(21(26)27)16(23)20-13/h1-7H,(H,24,25)(H2,19,20,22,23)/b6-3+. The maximum atomic E-state index is 11.6. The molecule has 2 aromatic heterocycles. The van der Waals surface area contributed by atoms with Crippen LogP contribution in [0.25, 0.3) is 23.5 Å². The van der Waals surface area contributed by atoms with Crippen LogP contribution in [0, 0.1) is 10.1 Å². The zero-order valence-corrected chi connectivity index (χ0v) is 14.5. The van der Waals surface area contributed by atoms with Gasteiger partial charge in [0.15, 0.2) is 0 Å². The molecule has 0 radical (unpaired) electrons. The fourth-order valence-electron chi connectivity index (χ4n) is 2.31. The summed E-state index contributed by atoms with van der Waals surface area (Å²) in [4.78, 5) is 38.0. The van der Waals surface area contributed by atoms with Crippen molar-refractivity contribution in [1.82, 2.24) is 9.97 Å². The molecular weight excluding hydrogens is 394 g/mol. The number of nitrogens with one attached hydrogen (secondary N) is 1. The van der Waals surface area contributed by atoms with E-state index in [1.807, 2.05) is 0 Å². The lowest BCUT2D eigenvalue weighted by atomic mass is 10.1. The summed E-state index contributed by atoms with van der Waals surface area (Å²) in [6.07, 6.45) is 2.66. The Morgan fingerprint density at radius 2 is 2.04 bits per heavy atom. The summed E-state index contributed by atoms with van der Waals surface area (Å²) in [5, 5.41) is 29.5. The van der Waals surface area contributed by atoms with E-state index in [0.29, 0.717) is 22.1 Å². The summed E-state index contributed by atoms with van der Waals surface area (Å²) in [6, 6.07) is 7.28. The van der Waals surface area contributed by atoms with E-state index in [-0.39, 0.29) is 11.4 Å². The third-order valence-electron chi connectivity index (χ3n) is 3.59. The molecule has 3 N–H and O–H groups in total. The Balaban J connectivity index is 1.90. The molecular formula is C17H10ClN3O7. The van der Waals surface area contributed by atoms with Crippen molar-refractivity contribution >= 4 is 35.4 Å². The molecule has 10 nitrogen and oxygen atoms in total. The van der Waals surface area contributed by atoms with E-state index in [4.69, 9.17) is 21.1 Å². The van der Waals surface area contributed by atoms with Crippen LogP contribution in [0.2, 0.25) is 5.02 Å². The van der Waals surface area contributed by atoms with Crippen molar-refractivity contribution in [3.63, 3.8) is 0 Å². The smallest absolute Gasteiger partial charge is 0.395 e. The average Bonchev–Trinajstić information content (AvgIpc) is 3.08. The Morgan fingerprint density at radius 1 is 1.29 bits per heavy atom. The minimum atomic E-state index is -1.11. The number of hydrogen-bond donors (Lipinski definition) is 3. The monoisotopic (exact) mass is 403 g/mol. The molecule has 0 aliphatic carbocycles. The summed E-state index contributed by atoms with van der Waals surface area (Å²) in [5.41, 5.74) is -1.74. The van der Waals surface area contributed by atoms with Crippen molar-refractivity contribution in [3.8, 4) is 17.2 Å². The van der Waals surface area contributed by atoms with Gasteiger partial charge in [-0.1, -0.05) is 11.6 Å². The highest BCUT2D eigenvalue weighted by molar-refractivity contribution is 6.33. The van der Waals surface area contributed by atoms with Gasteiger partial charge >= 0.3 is 17.2 Å². The number of carboxylic acid groups (broad SMARTS) is 1. The molecule has 1 aromatic carbocycles. The molecule has 0 saturated heterocycles. The molecule has 142 valence electrons. The number of nitro groups is 1. The lowest BCUT2D eigenvalue weighted by Crippen LogP contribution is -2.14. The van der Waals surface area contributed by atoms with Crippen LogP contribution < -0.4 is 5.56 Å². The fourth-order valence-corrected chi connectivity index (χ4v) is 2.52. The second kappa shape index (κ2) is 7.37. The van der Waals surface area contributed by atoms with Crippen molar-refractivity contribution < 1.29 is 24.3 Å². The predicted molar refractivity (Wildman–Crippen MR) is 98.2 cm³/mol. The van der Waals surface area contributed by atoms with E-state index in [1.165, 1.54) is 30.4 Å². The van der Waals surface area contributed by atoms with Gasteiger partial charge in [0.05, 0.1) is 15.5 Å². The molecule has 0 aliphatic heterocycles.